The zero-order valence-corrected chi connectivity index (χ0v) is 15.2. The van der Waals surface area contributed by atoms with Crippen molar-refractivity contribution in [1.29, 1.82) is 0 Å². The van der Waals surface area contributed by atoms with Gasteiger partial charge in [-0.1, -0.05) is 24.3 Å². The SMILES string of the molecule is CC(c1cc(=O)[nH]c(NCc2ccccn2)n1)n1ncc2ccccc2c1=O. The number of benzene rings is 1. The lowest BCUT2D eigenvalue weighted by Gasteiger charge is -2.15. The van der Waals surface area contributed by atoms with Crippen LogP contribution in [0.25, 0.3) is 10.8 Å². The maximum atomic E-state index is 12.8. The molecule has 0 bridgehead atoms. The lowest BCUT2D eigenvalue weighted by molar-refractivity contribution is 0.524. The van der Waals surface area contributed by atoms with Crippen LogP contribution in [-0.2, 0) is 6.54 Å². The third kappa shape index (κ3) is 3.52. The van der Waals surface area contributed by atoms with Gasteiger partial charge in [0, 0.05) is 17.6 Å². The molecule has 0 fully saturated rings. The zero-order chi connectivity index (χ0) is 19.5. The molecule has 0 amide bonds. The number of anilines is 1. The molecule has 0 saturated heterocycles. The second kappa shape index (κ2) is 7.43. The minimum atomic E-state index is -0.505. The fourth-order valence-electron chi connectivity index (χ4n) is 2.96. The predicted molar refractivity (Wildman–Crippen MR) is 106 cm³/mol. The molecule has 1 unspecified atom stereocenters. The number of aromatic amines is 1. The molecule has 1 atom stereocenters. The highest BCUT2D eigenvalue weighted by molar-refractivity contribution is 5.80. The quantitative estimate of drug-likeness (QED) is 0.554. The smallest absolute Gasteiger partial charge is 0.275 e. The molecule has 140 valence electrons. The third-order valence-corrected chi connectivity index (χ3v) is 4.44. The standard InChI is InChI=1S/C20H18N6O2/c1-13(26-19(28)16-8-3-2-6-14(16)11-23-26)17-10-18(27)25-20(24-17)22-12-15-7-4-5-9-21-15/h2-11,13H,12H2,1H3,(H2,22,24,25,27). The van der Waals surface area contributed by atoms with Crippen LogP contribution in [0.1, 0.15) is 24.4 Å². The normalized spacial score (nSPS) is 12.0. The summed E-state index contributed by atoms with van der Waals surface area (Å²) in [6.45, 7) is 2.20. The lowest BCUT2D eigenvalue weighted by Crippen LogP contribution is -2.28. The van der Waals surface area contributed by atoms with Crippen molar-refractivity contribution in [2.24, 2.45) is 0 Å². The van der Waals surface area contributed by atoms with Gasteiger partial charge in [0.25, 0.3) is 11.1 Å². The first-order chi connectivity index (χ1) is 13.6. The van der Waals surface area contributed by atoms with Crippen molar-refractivity contribution in [3.05, 3.63) is 93.0 Å². The highest BCUT2D eigenvalue weighted by Crippen LogP contribution is 2.15. The van der Waals surface area contributed by atoms with Crippen LogP contribution in [0, 0.1) is 0 Å². The molecule has 8 nitrogen and oxygen atoms in total. The molecule has 4 aromatic rings. The Balaban J connectivity index is 1.65. The monoisotopic (exact) mass is 374 g/mol. The van der Waals surface area contributed by atoms with Gasteiger partial charge < -0.3 is 5.32 Å². The van der Waals surface area contributed by atoms with E-state index in [4.69, 9.17) is 0 Å². The van der Waals surface area contributed by atoms with Crippen molar-refractivity contribution in [2.75, 3.05) is 5.32 Å². The van der Waals surface area contributed by atoms with Crippen molar-refractivity contribution in [1.82, 2.24) is 24.7 Å². The average Bonchev–Trinajstić information content (AvgIpc) is 2.73. The van der Waals surface area contributed by atoms with Crippen LogP contribution in [0.3, 0.4) is 0 Å². The fraction of sp³-hybridized carbons (Fsp3) is 0.150. The van der Waals surface area contributed by atoms with Gasteiger partial charge in [-0.15, -0.1) is 0 Å². The number of aromatic nitrogens is 5. The van der Waals surface area contributed by atoms with E-state index in [0.29, 0.717) is 23.6 Å². The fourth-order valence-corrected chi connectivity index (χ4v) is 2.96. The zero-order valence-electron chi connectivity index (χ0n) is 15.2. The van der Waals surface area contributed by atoms with E-state index in [1.807, 2.05) is 36.4 Å². The molecule has 3 aromatic heterocycles. The van der Waals surface area contributed by atoms with Crippen LogP contribution in [-0.4, -0.2) is 24.7 Å². The molecule has 0 aliphatic heterocycles. The molecular weight excluding hydrogens is 356 g/mol. The van der Waals surface area contributed by atoms with Crippen molar-refractivity contribution in [2.45, 2.75) is 19.5 Å². The highest BCUT2D eigenvalue weighted by Gasteiger charge is 2.15. The summed E-state index contributed by atoms with van der Waals surface area (Å²) < 4.78 is 1.34. The maximum Gasteiger partial charge on any atom is 0.275 e. The first-order valence-corrected chi connectivity index (χ1v) is 8.83. The van der Waals surface area contributed by atoms with Crippen molar-refractivity contribution in [3.63, 3.8) is 0 Å². The van der Waals surface area contributed by atoms with Crippen molar-refractivity contribution in [3.8, 4) is 0 Å². The number of rotatable bonds is 5. The number of H-pyrrole nitrogens is 1. The molecule has 3 heterocycles. The molecule has 1 aromatic carbocycles. The van der Waals surface area contributed by atoms with Crippen LogP contribution in [0.2, 0.25) is 0 Å². The topological polar surface area (TPSA) is 106 Å². The Hall–Kier alpha value is -3.81. The van der Waals surface area contributed by atoms with E-state index in [2.05, 4.69) is 25.4 Å². The summed E-state index contributed by atoms with van der Waals surface area (Å²) in [5.41, 5.74) is 0.720. The molecule has 4 rings (SSSR count). The molecule has 0 aliphatic carbocycles. The van der Waals surface area contributed by atoms with Crippen LogP contribution in [0.4, 0.5) is 5.95 Å². The van der Waals surface area contributed by atoms with Gasteiger partial charge in [0.2, 0.25) is 5.95 Å². The van der Waals surface area contributed by atoms with Gasteiger partial charge in [0.1, 0.15) is 0 Å². The Morgan fingerprint density at radius 2 is 1.96 bits per heavy atom. The molecule has 2 N–H and O–H groups in total. The average molecular weight is 374 g/mol. The number of hydrogen-bond donors (Lipinski definition) is 2. The molecule has 0 saturated carbocycles. The van der Waals surface area contributed by atoms with Gasteiger partial charge in [0.05, 0.1) is 35.6 Å². The summed E-state index contributed by atoms with van der Waals surface area (Å²) in [5, 5.41) is 8.66. The Bertz CT molecular complexity index is 1230. The Kier molecular flexibility index (Phi) is 4.67. The Morgan fingerprint density at radius 3 is 2.79 bits per heavy atom. The van der Waals surface area contributed by atoms with E-state index in [-0.39, 0.29) is 11.1 Å². The summed E-state index contributed by atoms with van der Waals surface area (Å²) in [6.07, 6.45) is 3.34. The summed E-state index contributed by atoms with van der Waals surface area (Å²) in [7, 11) is 0. The van der Waals surface area contributed by atoms with Crippen LogP contribution in [0.5, 0.6) is 0 Å². The van der Waals surface area contributed by atoms with Crippen LogP contribution in [0.15, 0.2) is 70.5 Å². The summed E-state index contributed by atoms with van der Waals surface area (Å²) in [5.74, 6) is 0.314. The summed E-state index contributed by atoms with van der Waals surface area (Å²) in [6, 6.07) is 13.7. The van der Waals surface area contributed by atoms with E-state index in [1.54, 1.807) is 25.4 Å². The first-order valence-electron chi connectivity index (χ1n) is 8.83. The molecule has 0 radical (unpaired) electrons. The Labute approximate surface area is 159 Å². The van der Waals surface area contributed by atoms with Gasteiger partial charge in [0.15, 0.2) is 0 Å². The van der Waals surface area contributed by atoms with E-state index in [0.717, 1.165) is 11.1 Å². The first kappa shape index (κ1) is 17.6. The second-order valence-corrected chi connectivity index (χ2v) is 6.35. The minimum absolute atomic E-state index is 0.226. The third-order valence-electron chi connectivity index (χ3n) is 4.44. The van der Waals surface area contributed by atoms with Gasteiger partial charge in [-0.2, -0.15) is 5.10 Å². The van der Waals surface area contributed by atoms with E-state index in [1.165, 1.54) is 10.7 Å². The highest BCUT2D eigenvalue weighted by atomic mass is 16.1. The van der Waals surface area contributed by atoms with Crippen molar-refractivity contribution >= 4 is 16.7 Å². The number of nitrogens with one attached hydrogen (secondary N) is 2. The number of hydrogen-bond acceptors (Lipinski definition) is 6. The summed E-state index contributed by atoms with van der Waals surface area (Å²) in [4.78, 5) is 36.2. The van der Waals surface area contributed by atoms with E-state index < -0.39 is 6.04 Å². The van der Waals surface area contributed by atoms with E-state index in [9.17, 15) is 9.59 Å². The van der Waals surface area contributed by atoms with E-state index >= 15 is 0 Å². The Morgan fingerprint density at radius 1 is 1.14 bits per heavy atom. The molecular formula is C20H18N6O2. The van der Waals surface area contributed by atoms with Gasteiger partial charge in [-0.25, -0.2) is 9.67 Å². The van der Waals surface area contributed by atoms with Crippen LogP contribution < -0.4 is 16.4 Å². The second-order valence-electron chi connectivity index (χ2n) is 6.35. The summed E-state index contributed by atoms with van der Waals surface area (Å²) >= 11 is 0. The van der Waals surface area contributed by atoms with Crippen LogP contribution >= 0.6 is 0 Å². The minimum Gasteiger partial charge on any atom is -0.350 e. The molecule has 8 heteroatoms. The molecule has 0 aliphatic rings. The molecule has 0 spiro atoms. The predicted octanol–water partition coefficient (Wildman–Crippen LogP) is 2.10. The lowest BCUT2D eigenvalue weighted by atomic mass is 10.2. The van der Waals surface area contributed by atoms with Gasteiger partial charge in [-0.3, -0.25) is 19.6 Å². The number of nitrogens with zero attached hydrogens (tertiary/aromatic N) is 4. The number of fused-ring (bicyclic) bond motifs is 1. The van der Waals surface area contributed by atoms with Crippen molar-refractivity contribution < 1.29 is 0 Å². The van der Waals surface area contributed by atoms with Gasteiger partial charge >= 0.3 is 0 Å². The largest absolute Gasteiger partial charge is 0.350 e. The number of pyridine rings is 1. The maximum absolute atomic E-state index is 12.8. The molecule has 28 heavy (non-hydrogen) atoms. The van der Waals surface area contributed by atoms with Gasteiger partial charge in [-0.05, 0) is 25.1 Å².